The summed E-state index contributed by atoms with van der Waals surface area (Å²) >= 11 is 1.19. The normalized spacial score (nSPS) is 17.4. The number of aromatic amines is 1. The molecular weight excluding hydrogens is 399 g/mol. The lowest BCUT2D eigenvalue weighted by Crippen LogP contribution is -2.15. The van der Waals surface area contributed by atoms with Crippen LogP contribution in [0.2, 0.25) is 0 Å². The summed E-state index contributed by atoms with van der Waals surface area (Å²) < 4.78 is 19.9. The second-order valence-electron chi connectivity index (χ2n) is 8.60. The van der Waals surface area contributed by atoms with E-state index in [-0.39, 0.29) is 27.8 Å². The molecule has 2 aromatic heterocycles. The molecule has 2 aliphatic rings. The average Bonchev–Trinajstić information content (AvgIpc) is 3.28. The summed E-state index contributed by atoms with van der Waals surface area (Å²) in [5.41, 5.74) is 2.57. The van der Waals surface area contributed by atoms with Crippen molar-refractivity contribution in [3.8, 4) is 11.1 Å². The number of halogens is 1. The highest BCUT2D eigenvalue weighted by molar-refractivity contribution is 7.12. The molecule has 2 fully saturated rings. The molecule has 0 bridgehead atoms. The average molecular weight is 421 g/mol. The molecule has 2 saturated carbocycles. The number of nitrogens with one attached hydrogen (secondary N) is 1. The lowest BCUT2D eigenvalue weighted by atomic mass is 9.94. The van der Waals surface area contributed by atoms with Gasteiger partial charge in [0.2, 0.25) is 5.43 Å². The van der Waals surface area contributed by atoms with Crippen LogP contribution in [0.1, 0.15) is 56.0 Å². The minimum absolute atomic E-state index is 0.146. The molecule has 6 heteroatoms. The molecule has 2 aromatic carbocycles. The van der Waals surface area contributed by atoms with Gasteiger partial charge in [-0.25, -0.2) is 4.39 Å². The minimum Gasteiger partial charge on any atom is -0.328 e. The van der Waals surface area contributed by atoms with E-state index in [9.17, 15) is 9.59 Å². The first kappa shape index (κ1) is 18.1. The van der Waals surface area contributed by atoms with Crippen LogP contribution in [-0.2, 0) is 0 Å². The van der Waals surface area contributed by atoms with Crippen molar-refractivity contribution in [2.24, 2.45) is 0 Å². The first-order valence-electron chi connectivity index (χ1n) is 10.6. The van der Waals surface area contributed by atoms with Gasteiger partial charge in [-0.15, -0.1) is 0 Å². The van der Waals surface area contributed by atoms with Gasteiger partial charge in [-0.2, -0.15) is 0 Å². The number of aromatic nitrogens is 2. The third-order valence-electron chi connectivity index (χ3n) is 6.68. The number of H-pyrrole nitrogens is 1. The zero-order chi connectivity index (χ0) is 20.4. The van der Waals surface area contributed by atoms with Crippen molar-refractivity contribution in [3.05, 3.63) is 68.4 Å². The Morgan fingerprint density at radius 1 is 1.00 bits per heavy atom. The second-order valence-corrected chi connectivity index (χ2v) is 9.39. The molecule has 30 heavy (non-hydrogen) atoms. The van der Waals surface area contributed by atoms with Crippen LogP contribution in [0.15, 0.2) is 46.0 Å². The van der Waals surface area contributed by atoms with Crippen LogP contribution in [0.5, 0.6) is 0 Å². The van der Waals surface area contributed by atoms with E-state index in [1.807, 2.05) is 12.1 Å². The van der Waals surface area contributed by atoms with Crippen molar-refractivity contribution < 1.29 is 4.39 Å². The summed E-state index contributed by atoms with van der Waals surface area (Å²) in [5, 5.41) is 0.426. The van der Waals surface area contributed by atoms with Gasteiger partial charge in [-0.05, 0) is 66.4 Å². The SMILES string of the molecule is O=c1[nH]sc2c1c(=O)c1cc(F)c(-c3ccc(C4CCCC4)cc3)cc1n2C1CC1. The maximum absolute atomic E-state index is 15.1. The van der Waals surface area contributed by atoms with Crippen molar-refractivity contribution in [2.45, 2.75) is 50.5 Å². The summed E-state index contributed by atoms with van der Waals surface area (Å²) in [6, 6.07) is 11.6. The van der Waals surface area contributed by atoms with Gasteiger partial charge in [0.1, 0.15) is 16.0 Å². The van der Waals surface area contributed by atoms with Gasteiger partial charge in [0.05, 0.1) is 5.52 Å². The maximum Gasteiger partial charge on any atom is 0.271 e. The zero-order valence-corrected chi connectivity index (χ0v) is 17.2. The van der Waals surface area contributed by atoms with E-state index in [1.165, 1.54) is 48.8 Å². The van der Waals surface area contributed by atoms with E-state index in [2.05, 4.69) is 21.1 Å². The van der Waals surface area contributed by atoms with Gasteiger partial charge in [-0.3, -0.25) is 14.0 Å². The Morgan fingerprint density at radius 2 is 1.73 bits per heavy atom. The second kappa shape index (κ2) is 6.64. The molecule has 4 nitrogen and oxygen atoms in total. The van der Waals surface area contributed by atoms with E-state index in [0.717, 1.165) is 18.4 Å². The molecule has 2 heterocycles. The molecule has 1 N–H and O–H groups in total. The van der Waals surface area contributed by atoms with Crippen molar-refractivity contribution in [1.82, 2.24) is 8.94 Å². The highest BCUT2D eigenvalue weighted by Crippen LogP contribution is 2.41. The standard InChI is InChI=1S/C24H21FN2O2S/c25-19-11-18-20(27(16-9-10-16)24-21(22(18)28)23(29)26-30-24)12-17(19)15-7-5-14(6-8-15)13-3-1-2-4-13/h5-8,11-13,16H,1-4,9-10H2,(H,26,29). The number of nitrogens with zero attached hydrogens (tertiary/aromatic N) is 1. The molecule has 0 radical (unpaired) electrons. The minimum atomic E-state index is -0.429. The monoisotopic (exact) mass is 420 g/mol. The van der Waals surface area contributed by atoms with Crippen molar-refractivity contribution in [1.29, 1.82) is 0 Å². The van der Waals surface area contributed by atoms with Crippen LogP contribution in [0.25, 0.3) is 32.2 Å². The van der Waals surface area contributed by atoms with E-state index in [4.69, 9.17) is 0 Å². The van der Waals surface area contributed by atoms with Crippen LogP contribution >= 0.6 is 11.5 Å². The van der Waals surface area contributed by atoms with Crippen LogP contribution in [0.3, 0.4) is 0 Å². The molecule has 6 rings (SSSR count). The molecule has 4 aromatic rings. The predicted octanol–water partition coefficient (Wildman–Crippen LogP) is 5.70. The summed E-state index contributed by atoms with van der Waals surface area (Å²) in [7, 11) is 0. The molecule has 0 amide bonds. The molecule has 0 atom stereocenters. The molecule has 0 aliphatic heterocycles. The van der Waals surface area contributed by atoms with Gasteiger partial charge < -0.3 is 4.57 Å². The fraction of sp³-hybridized carbons (Fsp3) is 0.333. The molecule has 152 valence electrons. The van der Waals surface area contributed by atoms with Gasteiger partial charge in [0.15, 0.2) is 0 Å². The molecule has 0 spiro atoms. The largest absolute Gasteiger partial charge is 0.328 e. The third kappa shape index (κ3) is 2.70. The first-order chi connectivity index (χ1) is 14.6. The summed E-state index contributed by atoms with van der Waals surface area (Å²) in [4.78, 5) is 25.8. The van der Waals surface area contributed by atoms with Crippen molar-refractivity contribution in [3.63, 3.8) is 0 Å². The van der Waals surface area contributed by atoms with Crippen molar-refractivity contribution in [2.75, 3.05) is 0 Å². The number of hydrogen-bond acceptors (Lipinski definition) is 3. The Labute approximate surface area is 176 Å². The van der Waals surface area contributed by atoms with Gasteiger partial charge in [0, 0.05) is 17.0 Å². The fourth-order valence-corrected chi connectivity index (χ4v) is 5.89. The number of fused-ring (bicyclic) bond motifs is 2. The van der Waals surface area contributed by atoms with Crippen LogP contribution in [0, 0.1) is 5.82 Å². The van der Waals surface area contributed by atoms with E-state index < -0.39 is 5.82 Å². The highest BCUT2D eigenvalue weighted by Gasteiger charge is 2.29. The number of hydrogen-bond donors (Lipinski definition) is 1. The molecule has 0 unspecified atom stereocenters. The van der Waals surface area contributed by atoms with E-state index in [1.54, 1.807) is 6.07 Å². The molecular formula is C24H21FN2O2S. The summed E-state index contributed by atoms with van der Waals surface area (Å²) in [5.74, 6) is 0.187. The molecule has 0 saturated heterocycles. The van der Waals surface area contributed by atoms with Crippen LogP contribution < -0.4 is 11.0 Å². The van der Waals surface area contributed by atoms with E-state index in [0.29, 0.717) is 21.8 Å². The van der Waals surface area contributed by atoms with Gasteiger partial charge in [0.25, 0.3) is 5.56 Å². The highest BCUT2D eigenvalue weighted by atomic mass is 32.1. The summed E-state index contributed by atoms with van der Waals surface area (Å²) in [6.45, 7) is 0. The Balaban J connectivity index is 1.56. The molecule has 2 aliphatic carbocycles. The fourth-order valence-electron chi connectivity index (χ4n) is 4.96. The Morgan fingerprint density at radius 3 is 2.43 bits per heavy atom. The Kier molecular flexibility index (Phi) is 4.00. The Bertz CT molecular complexity index is 1400. The van der Waals surface area contributed by atoms with E-state index >= 15 is 4.39 Å². The zero-order valence-electron chi connectivity index (χ0n) is 16.4. The number of benzene rings is 2. The predicted molar refractivity (Wildman–Crippen MR) is 119 cm³/mol. The lowest BCUT2D eigenvalue weighted by molar-refractivity contribution is 0.632. The third-order valence-corrected chi connectivity index (χ3v) is 7.56. The Hall–Kier alpha value is -2.73. The van der Waals surface area contributed by atoms with Gasteiger partial charge >= 0.3 is 0 Å². The van der Waals surface area contributed by atoms with Crippen LogP contribution in [0.4, 0.5) is 4.39 Å². The number of rotatable bonds is 3. The first-order valence-corrected chi connectivity index (χ1v) is 11.4. The topological polar surface area (TPSA) is 54.9 Å². The smallest absolute Gasteiger partial charge is 0.271 e. The van der Waals surface area contributed by atoms with Crippen molar-refractivity contribution >= 4 is 32.7 Å². The van der Waals surface area contributed by atoms with Crippen LogP contribution in [-0.4, -0.2) is 8.94 Å². The van der Waals surface area contributed by atoms with Gasteiger partial charge in [-0.1, -0.05) is 37.1 Å². The number of pyridine rings is 1. The lowest BCUT2D eigenvalue weighted by Gasteiger charge is -2.14. The quantitative estimate of drug-likeness (QED) is 0.462. The maximum atomic E-state index is 15.1. The summed E-state index contributed by atoms with van der Waals surface area (Å²) in [6.07, 6.45) is 7.03.